The number of hydrogen-bond acceptors (Lipinski definition) is 2. The lowest BCUT2D eigenvalue weighted by atomic mass is 10.2. The monoisotopic (exact) mass is 354 g/mol. The van der Waals surface area contributed by atoms with Gasteiger partial charge < -0.3 is 9.84 Å². The number of ether oxygens (including phenoxy) is 1. The number of halogens is 3. The van der Waals surface area contributed by atoms with Crippen LogP contribution in [0.4, 0.5) is 8.78 Å². The van der Waals surface area contributed by atoms with Crippen LogP contribution in [-0.2, 0) is 4.79 Å². The van der Waals surface area contributed by atoms with E-state index in [9.17, 15) is 13.6 Å². The van der Waals surface area contributed by atoms with Crippen molar-refractivity contribution in [2.24, 2.45) is 0 Å². The van der Waals surface area contributed by atoms with Crippen molar-refractivity contribution in [3.05, 3.63) is 64.1 Å². The molecule has 21 heavy (non-hydrogen) atoms. The van der Waals surface area contributed by atoms with Crippen molar-refractivity contribution in [2.75, 3.05) is 0 Å². The Bertz CT molecular complexity index is 694. The molecule has 2 aromatic carbocycles. The van der Waals surface area contributed by atoms with Gasteiger partial charge in [0.25, 0.3) is 0 Å². The van der Waals surface area contributed by atoms with E-state index in [1.54, 1.807) is 18.2 Å². The second kappa shape index (κ2) is 6.49. The van der Waals surface area contributed by atoms with E-state index in [1.807, 2.05) is 0 Å². The molecule has 6 heteroatoms. The van der Waals surface area contributed by atoms with Gasteiger partial charge >= 0.3 is 5.97 Å². The highest BCUT2D eigenvalue weighted by Gasteiger charge is 2.07. The number of hydrogen-bond donors (Lipinski definition) is 1. The maximum absolute atomic E-state index is 13.1. The van der Waals surface area contributed by atoms with Crippen molar-refractivity contribution in [2.45, 2.75) is 0 Å². The summed E-state index contributed by atoms with van der Waals surface area (Å²) in [6.45, 7) is 0. The summed E-state index contributed by atoms with van der Waals surface area (Å²) in [6.07, 6.45) is 2.28. The zero-order valence-corrected chi connectivity index (χ0v) is 12.1. The van der Waals surface area contributed by atoms with Gasteiger partial charge in [-0.25, -0.2) is 13.6 Å². The summed E-state index contributed by atoms with van der Waals surface area (Å²) in [6, 6.07) is 7.70. The Labute approximate surface area is 127 Å². The highest BCUT2D eigenvalue weighted by molar-refractivity contribution is 9.10. The summed E-state index contributed by atoms with van der Waals surface area (Å²) in [5.41, 5.74) is 0.463. The zero-order valence-electron chi connectivity index (χ0n) is 10.5. The summed E-state index contributed by atoms with van der Waals surface area (Å²) in [4.78, 5) is 10.6. The first-order valence-electron chi connectivity index (χ1n) is 5.78. The van der Waals surface area contributed by atoms with E-state index in [2.05, 4.69) is 15.9 Å². The summed E-state index contributed by atoms with van der Waals surface area (Å²) >= 11 is 3.25. The zero-order chi connectivity index (χ0) is 15.4. The molecule has 0 radical (unpaired) electrons. The lowest BCUT2D eigenvalue weighted by molar-refractivity contribution is -0.131. The fraction of sp³-hybridized carbons (Fsp3) is 0. The molecule has 0 saturated carbocycles. The van der Waals surface area contributed by atoms with E-state index < -0.39 is 17.6 Å². The first-order valence-corrected chi connectivity index (χ1v) is 6.58. The van der Waals surface area contributed by atoms with Crippen LogP contribution in [0.2, 0.25) is 0 Å². The normalized spacial score (nSPS) is 10.8. The highest BCUT2D eigenvalue weighted by Crippen LogP contribution is 2.30. The van der Waals surface area contributed by atoms with E-state index >= 15 is 0 Å². The molecule has 0 aliphatic heterocycles. The molecule has 0 spiro atoms. The van der Waals surface area contributed by atoms with Gasteiger partial charge in [-0.3, -0.25) is 0 Å². The molecule has 1 N–H and O–H groups in total. The van der Waals surface area contributed by atoms with Crippen molar-refractivity contribution in [1.82, 2.24) is 0 Å². The van der Waals surface area contributed by atoms with Gasteiger partial charge in [0.05, 0.1) is 0 Å². The Morgan fingerprint density at radius 1 is 1.14 bits per heavy atom. The lowest BCUT2D eigenvalue weighted by Crippen LogP contribution is -1.91. The molecule has 0 aliphatic carbocycles. The highest BCUT2D eigenvalue weighted by atomic mass is 79.9. The van der Waals surface area contributed by atoms with E-state index in [4.69, 9.17) is 9.84 Å². The van der Waals surface area contributed by atoms with Gasteiger partial charge in [-0.2, -0.15) is 0 Å². The lowest BCUT2D eigenvalue weighted by Gasteiger charge is -2.09. The molecule has 108 valence electrons. The van der Waals surface area contributed by atoms with Gasteiger partial charge in [-0.05, 0) is 18.2 Å². The Balaban J connectivity index is 2.37. The van der Waals surface area contributed by atoms with E-state index in [0.29, 0.717) is 10.0 Å². The number of carbonyl (C=O) groups is 1. The van der Waals surface area contributed by atoms with Gasteiger partial charge in [0.1, 0.15) is 23.1 Å². The third-order valence-electron chi connectivity index (χ3n) is 2.44. The maximum Gasteiger partial charge on any atom is 0.328 e. The molecule has 0 unspecified atom stereocenters. The third-order valence-corrected chi connectivity index (χ3v) is 2.94. The Hall–Kier alpha value is -2.21. The SMILES string of the molecule is O=C(O)C=Cc1ccc(Br)cc1Oc1cc(F)cc(F)c1. The molecular formula is C15H9BrF2O3. The minimum Gasteiger partial charge on any atom is -0.478 e. The molecule has 0 bridgehead atoms. The number of aliphatic carboxylic acids is 1. The van der Waals surface area contributed by atoms with E-state index in [-0.39, 0.29) is 11.5 Å². The van der Waals surface area contributed by atoms with Gasteiger partial charge in [0.2, 0.25) is 0 Å². The summed E-state index contributed by atoms with van der Waals surface area (Å²) in [5.74, 6) is -2.38. The van der Waals surface area contributed by atoms with Crippen LogP contribution in [0.1, 0.15) is 5.56 Å². The largest absolute Gasteiger partial charge is 0.478 e. The average Bonchev–Trinajstić information content (AvgIpc) is 2.36. The molecular weight excluding hydrogens is 346 g/mol. The summed E-state index contributed by atoms with van der Waals surface area (Å²) < 4.78 is 32.4. The molecule has 0 aromatic heterocycles. The van der Waals surface area contributed by atoms with Crippen LogP contribution >= 0.6 is 15.9 Å². The predicted molar refractivity (Wildman–Crippen MR) is 77.2 cm³/mol. The Morgan fingerprint density at radius 3 is 2.43 bits per heavy atom. The molecule has 2 rings (SSSR count). The van der Waals surface area contributed by atoms with Crippen LogP contribution in [0.3, 0.4) is 0 Å². The minimum atomic E-state index is -1.11. The first-order chi connectivity index (χ1) is 9.94. The van der Waals surface area contributed by atoms with Crippen LogP contribution in [0.15, 0.2) is 46.9 Å². The second-order valence-electron chi connectivity index (χ2n) is 4.06. The number of carboxylic acids is 1. The second-order valence-corrected chi connectivity index (χ2v) is 4.98. The van der Waals surface area contributed by atoms with Gasteiger partial charge in [-0.1, -0.05) is 22.0 Å². The Kier molecular flexibility index (Phi) is 4.70. The van der Waals surface area contributed by atoms with Gasteiger partial charge in [-0.15, -0.1) is 0 Å². The number of rotatable bonds is 4. The smallest absolute Gasteiger partial charge is 0.328 e. The predicted octanol–water partition coefficient (Wildman–Crippen LogP) is 4.62. The quantitative estimate of drug-likeness (QED) is 0.815. The van der Waals surface area contributed by atoms with Crippen LogP contribution in [-0.4, -0.2) is 11.1 Å². The summed E-state index contributed by atoms with van der Waals surface area (Å²) in [7, 11) is 0. The summed E-state index contributed by atoms with van der Waals surface area (Å²) in [5, 5.41) is 8.65. The fourth-order valence-corrected chi connectivity index (χ4v) is 1.95. The topological polar surface area (TPSA) is 46.5 Å². The molecule has 0 heterocycles. The van der Waals surface area contributed by atoms with Crippen LogP contribution in [0.5, 0.6) is 11.5 Å². The third kappa shape index (κ3) is 4.39. The molecule has 2 aromatic rings. The first kappa shape index (κ1) is 15.2. The van der Waals surface area contributed by atoms with Crippen LogP contribution in [0, 0.1) is 11.6 Å². The van der Waals surface area contributed by atoms with Gasteiger partial charge in [0, 0.05) is 34.3 Å². The van der Waals surface area contributed by atoms with Crippen LogP contribution < -0.4 is 4.74 Å². The molecule has 0 aliphatic rings. The molecule has 0 fully saturated rings. The van der Waals surface area contributed by atoms with Crippen molar-refractivity contribution in [3.63, 3.8) is 0 Å². The van der Waals surface area contributed by atoms with Crippen molar-refractivity contribution in [1.29, 1.82) is 0 Å². The molecule has 0 atom stereocenters. The van der Waals surface area contributed by atoms with E-state index in [0.717, 1.165) is 24.3 Å². The van der Waals surface area contributed by atoms with Crippen molar-refractivity contribution < 1.29 is 23.4 Å². The number of carboxylic acid groups (broad SMARTS) is 1. The van der Waals surface area contributed by atoms with E-state index in [1.165, 1.54) is 6.08 Å². The number of benzene rings is 2. The molecule has 0 amide bonds. The molecule has 3 nitrogen and oxygen atoms in total. The van der Waals surface area contributed by atoms with Crippen LogP contribution in [0.25, 0.3) is 6.08 Å². The molecule has 0 saturated heterocycles. The minimum absolute atomic E-state index is 0.0180. The average molecular weight is 355 g/mol. The maximum atomic E-state index is 13.1. The van der Waals surface area contributed by atoms with Crippen molar-refractivity contribution in [3.8, 4) is 11.5 Å². The standard InChI is InChI=1S/C15H9BrF2O3/c16-10-3-1-9(2-4-15(19)20)14(5-10)21-13-7-11(17)6-12(18)8-13/h1-8H,(H,19,20). The van der Waals surface area contributed by atoms with Crippen molar-refractivity contribution >= 4 is 28.0 Å². The van der Waals surface area contributed by atoms with Gasteiger partial charge in [0.15, 0.2) is 0 Å². The fourth-order valence-electron chi connectivity index (χ4n) is 1.61. The Morgan fingerprint density at radius 2 is 1.81 bits per heavy atom.